The molecule has 2 aliphatic rings. The minimum Gasteiger partial charge on any atom is -0.323 e. The van der Waals surface area contributed by atoms with E-state index in [2.05, 4.69) is 15.6 Å². The predicted molar refractivity (Wildman–Crippen MR) is 109 cm³/mol. The fraction of sp³-hybridized carbons (Fsp3) is 0.368. The number of aromatic nitrogens is 1. The number of hydrogen-bond donors (Lipinski definition) is 2. The number of thiazole rings is 1. The van der Waals surface area contributed by atoms with E-state index >= 15 is 0 Å². The second kappa shape index (κ2) is 7.17. The average Bonchev–Trinajstić information content (AvgIpc) is 3.41. The largest absolute Gasteiger partial charge is 0.325 e. The van der Waals surface area contributed by atoms with E-state index in [0.717, 1.165) is 29.1 Å². The number of rotatable bonds is 6. The van der Waals surface area contributed by atoms with Gasteiger partial charge in [0.2, 0.25) is 5.91 Å². The van der Waals surface area contributed by atoms with Crippen molar-refractivity contribution in [2.75, 3.05) is 11.9 Å². The first-order chi connectivity index (χ1) is 14.2. The van der Waals surface area contributed by atoms with Gasteiger partial charge in [0.05, 0.1) is 10.6 Å². The highest BCUT2D eigenvalue weighted by molar-refractivity contribution is 7.14. The second-order valence-corrected chi connectivity index (χ2v) is 8.50. The number of nitrogens with zero attached hydrogens (tertiary/aromatic N) is 3. The van der Waals surface area contributed by atoms with Crippen LogP contribution in [0.3, 0.4) is 0 Å². The van der Waals surface area contributed by atoms with Crippen molar-refractivity contribution in [3.05, 3.63) is 39.3 Å². The summed E-state index contributed by atoms with van der Waals surface area (Å²) in [5, 5.41) is 18.4. The molecule has 1 unspecified atom stereocenters. The van der Waals surface area contributed by atoms with Gasteiger partial charge in [0.25, 0.3) is 11.6 Å². The van der Waals surface area contributed by atoms with E-state index in [1.54, 1.807) is 31.4 Å². The summed E-state index contributed by atoms with van der Waals surface area (Å²) < 4.78 is 0. The van der Waals surface area contributed by atoms with E-state index in [-0.39, 0.29) is 16.7 Å². The summed E-state index contributed by atoms with van der Waals surface area (Å²) in [5.41, 5.74) is 0.627. The predicted octanol–water partition coefficient (Wildman–Crippen LogP) is 2.69. The Kier molecular flexibility index (Phi) is 4.77. The molecule has 4 rings (SSSR count). The number of nitrogens with one attached hydrogen (secondary N) is 2. The highest BCUT2D eigenvalue weighted by Crippen LogP contribution is 2.42. The molecule has 30 heavy (non-hydrogen) atoms. The van der Waals surface area contributed by atoms with E-state index in [0.29, 0.717) is 16.8 Å². The van der Waals surface area contributed by atoms with Crippen molar-refractivity contribution < 1.29 is 19.3 Å². The van der Waals surface area contributed by atoms with Crippen molar-refractivity contribution in [1.29, 1.82) is 0 Å². The number of carbonyl (C=O) groups excluding carboxylic acids is 3. The standard InChI is InChI=1S/C19H19N5O5S/c1-10-3-4-11(7-14(10)24(28)29)13-9-30-17(20-13)21-15(25)8-23-16(26)19(2,12-5-6-12)22-18(23)27/h3-4,7,9,12H,5-6,8H2,1-2H3,(H,22,27)(H,20,21,25). The van der Waals surface area contributed by atoms with Gasteiger partial charge in [-0.25, -0.2) is 9.78 Å². The number of anilines is 1. The molecule has 0 bridgehead atoms. The Morgan fingerprint density at radius 1 is 1.43 bits per heavy atom. The Morgan fingerprint density at radius 3 is 2.83 bits per heavy atom. The second-order valence-electron chi connectivity index (χ2n) is 7.64. The van der Waals surface area contributed by atoms with Crippen LogP contribution < -0.4 is 10.6 Å². The molecule has 2 N–H and O–H groups in total. The van der Waals surface area contributed by atoms with Crippen molar-refractivity contribution in [2.45, 2.75) is 32.2 Å². The Morgan fingerprint density at radius 2 is 2.17 bits per heavy atom. The average molecular weight is 429 g/mol. The molecule has 1 saturated heterocycles. The van der Waals surface area contributed by atoms with Crippen LogP contribution in [0.1, 0.15) is 25.3 Å². The Bertz CT molecular complexity index is 1080. The molecular weight excluding hydrogens is 410 g/mol. The van der Waals surface area contributed by atoms with Crippen LogP contribution >= 0.6 is 11.3 Å². The molecule has 1 aromatic heterocycles. The van der Waals surface area contributed by atoms with Crippen LogP contribution in [0.2, 0.25) is 0 Å². The minimum absolute atomic E-state index is 0.0108. The van der Waals surface area contributed by atoms with Gasteiger partial charge in [-0.2, -0.15) is 0 Å². The smallest absolute Gasteiger partial charge is 0.323 e. The summed E-state index contributed by atoms with van der Waals surface area (Å²) in [5.74, 6) is -0.826. The fourth-order valence-electron chi connectivity index (χ4n) is 3.53. The zero-order valence-electron chi connectivity index (χ0n) is 16.3. The molecule has 1 aromatic carbocycles. The number of carbonyl (C=O) groups is 3. The molecule has 2 fully saturated rings. The summed E-state index contributed by atoms with van der Waals surface area (Å²) in [6.45, 7) is 2.94. The SMILES string of the molecule is Cc1ccc(-c2csc(NC(=O)CN3C(=O)NC(C)(C4CC4)C3=O)n2)cc1[N+](=O)[O-]. The number of urea groups is 1. The molecule has 1 saturated carbocycles. The van der Waals surface area contributed by atoms with Gasteiger partial charge < -0.3 is 10.6 Å². The molecule has 1 atom stereocenters. The summed E-state index contributed by atoms with van der Waals surface area (Å²) >= 11 is 1.15. The number of hydrogen-bond acceptors (Lipinski definition) is 7. The molecule has 1 aliphatic heterocycles. The first-order valence-corrected chi connectivity index (χ1v) is 10.2. The molecule has 11 heteroatoms. The van der Waals surface area contributed by atoms with Crippen LogP contribution in [0, 0.1) is 23.0 Å². The third-order valence-corrected chi connectivity index (χ3v) is 6.21. The number of amides is 4. The lowest BCUT2D eigenvalue weighted by Gasteiger charge is -2.20. The molecule has 0 spiro atoms. The van der Waals surface area contributed by atoms with Crippen molar-refractivity contribution in [2.24, 2.45) is 5.92 Å². The van der Waals surface area contributed by atoms with Crippen LogP contribution in [-0.4, -0.2) is 44.7 Å². The fourth-order valence-corrected chi connectivity index (χ4v) is 4.26. The van der Waals surface area contributed by atoms with E-state index in [9.17, 15) is 24.5 Å². The molecular formula is C19H19N5O5S. The van der Waals surface area contributed by atoms with Gasteiger partial charge in [-0.3, -0.25) is 24.6 Å². The Balaban J connectivity index is 1.44. The van der Waals surface area contributed by atoms with Crippen molar-refractivity contribution >= 4 is 40.0 Å². The van der Waals surface area contributed by atoms with Gasteiger partial charge in [0.15, 0.2) is 5.13 Å². The molecule has 10 nitrogen and oxygen atoms in total. The van der Waals surface area contributed by atoms with Crippen molar-refractivity contribution in [3.8, 4) is 11.3 Å². The molecule has 2 heterocycles. The normalized spacial score (nSPS) is 20.9. The number of nitro benzene ring substituents is 1. The van der Waals surface area contributed by atoms with Gasteiger partial charge >= 0.3 is 6.03 Å². The van der Waals surface area contributed by atoms with E-state index in [4.69, 9.17) is 0 Å². The van der Waals surface area contributed by atoms with Crippen LogP contribution in [0.15, 0.2) is 23.6 Å². The first kappa shape index (κ1) is 20.0. The van der Waals surface area contributed by atoms with Gasteiger partial charge in [0, 0.05) is 22.6 Å². The maximum atomic E-state index is 12.6. The van der Waals surface area contributed by atoms with Gasteiger partial charge in [0.1, 0.15) is 12.1 Å². The Hall–Kier alpha value is -3.34. The lowest BCUT2D eigenvalue weighted by atomic mass is 9.96. The van der Waals surface area contributed by atoms with Crippen LogP contribution in [-0.2, 0) is 9.59 Å². The van der Waals surface area contributed by atoms with Gasteiger partial charge in [-0.05, 0) is 32.6 Å². The first-order valence-electron chi connectivity index (χ1n) is 9.34. The van der Waals surface area contributed by atoms with Crippen LogP contribution in [0.5, 0.6) is 0 Å². The minimum atomic E-state index is -0.939. The lowest BCUT2D eigenvalue weighted by molar-refractivity contribution is -0.385. The zero-order chi connectivity index (χ0) is 21.6. The topological polar surface area (TPSA) is 135 Å². The summed E-state index contributed by atoms with van der Waals surface area (Å²) in [7, 11) is 0. The van der Waals surface area contributed by atoms with Crippen molar-refractivity contribution in [1.82, 2.24) is 15.2 Å². The Labute approximate surface area is 175 Å². The maximum absolute atomic E-state index is 12.6. The number of imide groups is 1. The van der Waals surface area contributed by atoms with Crippen LogP contribution in [0.4, 0.5) is 15.6 Å². The van der Waals surface area contributed by atoms with E-state index < -0.39 is 34.9 Å². The van der Waals surface area contributed by atoms with Crippen molar-refractivity contribution in [3.63, 3.8) is 0 Å². The molecule has 0 radical (unpaired) electrons. The van der Waals surface area contributed by atoms with Gasteiger partial charge in [-0.1, -0.05) is 12.1 Å². The third kappa shape index (κ3) is 3.52. The lowest BCUT2D eigenvalue weighted by Crippen LogP contribution is -2.46. The van der Waals surface area contributed by atoms with Gasteiger partial charge in [-0.15, -0.1) is 11.3 Å². The number of benzene rings is 1. The summed E-state index contributed by atoms with van der Waals surface area (Å²) in [4.78, 5) is 53.0. The molecule has 1 aliphatic carbocycles. The number of nitro groups is 1. The van der Waals surface area contributed by atoms with E-state index in [1.165, 1.54) is 6.07 Å². The monoisotopic (exact) mass is 429 g/mol. The third-order valence-electron chi connectivity index (χ3n) is 5.45. The summed E-state index contributed by atoms with van der Waals surface area (Å²) in [6, 6.07) is 4.22. The zero-order valence-corrected chi connectivity index (χ0v) is 17.1. The number of aryl methyl sites for hydroxylation is 1. The summed E-state index contributed by atoms with van der Waals surface area (Å²) in [6.07, 6.45) is 1.75. The molecule has 156 valence electrons. The highest BCUT2D eigenvalue weighted by atomic mass is 32.1. The van der Waals surface area contributed by atoms with Crippen LogP contribution in [0.25, 0.3) is 11.3 Å². The molecule has 2 aromatic rings. The maximum Gasteiger partial charge on any atom is 0.325 e. The van der Waals surface area contributed by atoms with E-state index in [1.807, 2.05) is 0 Å². The highest BCUT2D eigenvalue weighted by Gasteiger charge is 2.56. The quantitative estimate of drug-likeness (QED) is 0.412. The molecule has 4 amide bonds.